The molecule has 3 aromatic rings. The highest BCUT2D eigenvalue weighted by molar-refractivity contribution is 7.10. The molecule has 2 atom stereocenters. The molecule has 1 N–H and O–H groups in total. The van der Waals surface area contributed by atoms with Crippen molar-refractivity contribution in [1.82, 2.24) is 28.9 Å². The van der Waals surface area contributed by atoms with Crippen molar-refractivity contribution in [3.8, 4) is 0 Å². The summed E-state index contributed by atoms with van der Waals surface area (Å²) in [5.74, 6) is 1.00. The number of pyridine rings is 2. The molecule has 2 saturated heterocycles. The van der Waals surface area contributed by atoms with Crippen molar-refractivity contribution < 1.29 is 9.59 Å². The Morgan fingerprint density at radius 1 is 0.972 bits per heavy atom. The molecule has 36 heavy (non-hydrogen) atoms. The van der Waals surface area contributed by atoms with Gasteiger partial charge in [0.15, 0.2) is 10.7 Å². The first kappa shape index (κ1) is 22.7. The second-order valence-electron chi connectivity index (χ2n) is 9.45. The lowest BCUT2D eigenvalue weighted by molar-refractivity contribution is 0.0741. The Balaban J connectivity index is 1.10. The molecule has 11 nitrogen and oxygen atoms in total. The van der Waals surface area contributed by atoms with Crippen molar-refractivity contribution in [1.29, 1.82) is 0 Å². The average molecular weight is 507 g/mol. The number of piperidine rings is 1. The molecule has 3 aliphatic heterocycles. The summed E-state index contributed by atoms with van der Waals surface area (Å²) >= 11 is 1.01. The van der Waals surface area contributed by atoms with Gasteiger partial charge < -0.3 is 19.3 Å². The summed E-state index contributed by atoms with van der Waals surface area (Å²) in [6, 6.07) is 10.9. The van der Waals surface area contributed by atoms with Crippen LogP contribution in [-0.4, -0.2) is 80.1 Å². The zero-order valence-electron chi connectivity index (χ0n) is 19.6. The van der Waals surface area contributed by atoms with Crippen molar-refractivity contribution in [3.05, 3.63) is 64.3 Å². The molecule has 0 aliphatic carbocycles. The molecule has 0 aromatic carbocycles. The van der Waals surface area contributed by atoms with Crippen LogP contribution in [0.1, 0.15) is 28.5 Å². The van der Waals surface area contributed by atoms with Crippen molar-refractivity contribution in [2.24, 2.45) is 5.92 Å². The van der Waals surface area contributed by atoms with Crippen molar-refractivity contribution in [3.63, 3.8) is 0 Å². The van der Waals surface area contributed by atoms with E-state index in [1.165, 1.54) is 0 Å². The number of hydrogen-bond acceptors (Lipinski definition) is 8. The van der Waals surface area contributed by atoms with Crippen LogP contribution >= 0.6 is 11.5 Å². The Morgan fingerprint density at radius 3 is 2.64 bits per heavy atom. The number of hydrogen-bond donors (Lipinski definition) is 1. The summed E-state index contributed by atoms with van der Waals surface area (Å²) < 4.78 is 5.79. The quantitative estimate of drug-likeness (QED) is 0.575. The Hall–Kier alpha value is -3.80. The highest BCUT2D eigenvalue weighted by Gasteiger charge is 2.37. The van der Waals surface area contributed by atoms with E-state index in [9.17, 15) is 14.4 Å². The lowest BCUT2D eigenvalue weighted by Gasteiger charge is -2.42. The van der Waals surface area contributed by atoms with Crippen molar-refractivity contribution in [2.45, 2.75) is 18.9 Å². The number of carbonyl (C=O) groups is 2. The second kappa shape index (κ2) is 9.34. The lowest BCUT2D eigenvalue weighted by atomic mass is 9.83. The van der Waals surface area contributed by atoms with Gasteiger partial charge in [-0.2, -0.15) is 0 Å². The monoisotopic (exact) mass is 506 g/mol. The molecule has 3 amide bonds. The largest absolute Gasteiger partial charge is 0.353 e. The maximum absolute atomic E-state index is 13.2. The topological polar surface area (TPSA) is 117 Å². The predicted molar refractivity (Wildman–Crippen MR) is 134 cm³/mol. The van der Waals surface area contributed by atoms with Gasteiger partial charge in [-0.1, -0.05) is 16.6 Å². The number of urea groups is 1. The summed E-state index contributed by atoms with van der Waals surface area (Å²) in [7, 11) is 0. The fourth-order valence-electron chi connectivity index (χ4n) is 5.48. The van der Waals surface area contributed by atoms with Gasteiger partial charge >= 0.3 is 6.03 Å². The standard InChI is InChI=1S/C24H26N8O3S/c33-20-6-3-4-18-17-12-16(14-32(18)20)13-31(15-17)24(35)26-22-21(27-28-36-22)23(34)30-10-8-29(9-11-30)19-5-1-2-7-25-19/h1-7,16-17H,8-15H2,(H,26,35)/t16-,17+/m1/s1. The Labute approximate surface area is 211 Å². The number of amides is 3. The SMILES string of the molecule is O=C(Nc1snnc1C(=O)N1CCN(c2ccccn2)CC1)N1C[C@H]2C[C@@H](C1)c1cccc(=O)n1C2. The molecule has 3 aliphatic rings. The van der Waals surface area contributed by atoms with Gasteiger partial charge in [-0.3, -0.25) is 14.9 Å². The molecular weight excluding hydrogens is 480 g/mol. The second-order valence-corrected chi connectivity index (χ2v) is 10.2. The average Bonchev–Trinajstić information content (AvgIpc) is 3.37. The molecule has 6 rings (SSSR count). The molecule has 2 bridgehead atoms. The van der Waals surface area contributed by atoms with E-state index in [0.717, 1.165) is 29.5 Å². The summed E-state index contributed by atoms with van der Waals surface area (Å²) in [5, 5.41) is 7.29. The number of nitrogens with zero attached hydrogens (tertiary/aromatic N) is 7. The molecule has 2 fully saturated rings. The number of fused-ring (bicyclic) bond motifs is 4. The first-order chi connectivity index (χ1) is 17.6. The van der Waals surface area contributed by atoms with Gasteiger partial charge in [0.2, 0.25) is 0 Å². The van der Waals surface area contributed by atoms with Crippen LogP contribution in [0.4, 0.5) is 15.6 Å². The van der Waals surface area contributed by atoms with Crippen LogP contribution < -0.4 is 15.8 Å². The number of anilines is 2. The number of likely N-dealkylation sites (tertiary alicyclic amines) is 1. The minimum atomic E-state index is -0.267. The van der Waals surface area contributed by atoms with E-state index in [-0.39, 0.29) is 35.0 Å². The fourth-order valence-corrected chi connectivity index (χ4v) is 6.03. The van der Waals surface area contributed by atoms with E-state index >= 15 is 0 Å². The lowest BCUT2D eigenvalue weighted by Crippen LogP contribution is -2.50. The van der Waals surface area contributed by atoms with Gasteiger partial charge in [0, 0.05) is 81.2 Å². The van der Waals surface area contributed by atoms with Crippen molar-refractivity contribution >= 4 is 34.3 Å². The number of rotatable bonds is 3. The van der Waals surface area contributed by atoms with E-state index in [4.69, 9.17) is 0 Å². The molecule has 0 unspecified atom stereocenters. The van der Waals surface area contributed by atoms with Crippen LogP contribution in [0.2, 0.25) is 0 Å². The van der Waals surface area contributed by atoms with E-state index in [1.807, 2.05) is 28.8 Å². The van der Waals surface area contributed by atoms with Gasteiger partial charge in [0.25, 0.3) is 11.5 Å². The highest BCUT2D eigenvalue weighted by Crippen LogP contribution is 2.35. The minimum absolute atomic E-state index is 0.0138. The molecule has 0 radical (unpaired) electrons. The van der Waals surface area contributed by atoms with Crippen molar-refractivity contribution in [2.75, 3.05) is 49.5 Å². The minimum Gasteiger partial charge on any atom is -0.353 e. The van der Waals surface area contributed by atoms with Gasteiger partial charge in [0.1, 0.15) is 5.82 Å². The molecule has 0 spiro atoms. The van der Waals surface area contributed by atoms with E-state index in [0.29, 0.717) is 50.8 Å². The number of carbonyl (C=O) groups excluding carboxylic acids is 2. The first-order valence-corrected chi connectivity index (χ1v) is 12.9. The van der Waals surface area contributed by atoms with Crippen LogP contribution in [0.15, 0.2) is 47.4 Å². The smallest absolute Gasteiger partial charge is 0.322 e. The zero-order valence-corrected chi connectivity index (χ0v) is 20.4. The zero-order chi connectivity index (χ0) is 24.6. The van der Waals surface area contributed by atoms with Gasteiger partial charge in [-0.25, -0.2) is 9.78 Å². The van der Waals surface area contributed by atoms with Crippen LogP contribution in [0.3, 0.4) is 0 Å². The number of aromatic nitrogens is 4. The summed E-state index contributed by atoms with van der Waals surface area (Å²) in [6.45, 7) is 4.12. The molecule has 3 aromatic heterocycles. The third-order valence-corrected chi connectivity index (χ3v) is 7.86. The number of piperazine rings is 1. The molecule has 12 heteroatoms. The summed E-state index contributed by atoms with van der Waals surface area (Å²) in [5.41, 5.74) is 1.17. The highest BCUT2D eigenvalue weighted by atomic mass is 32.1. The Morgan fingerprint density at radius 2 is 1.83 bits per heavy atom. The third kappa shape index (κ3) is 4.21. The van der Waals surface area contributed by atoms with E-state index in [2.05, 4.69) is 24.8 Å². The molecule has 6 heterocycles. The maximum Gasteiger partial charge on any atom is 0.322 e. The maximum atomic E-state index is 13.2. The van der Waals surface area contributed by atoms with Crippen LogP contribution in [-0.2, 0) is 6.54 Å². The summed E-state index contributed by atoms with van der Waals surface area (Å²) in [4.78, 5) is 48.7. The van der Waals surface area contributed by atoms with E-state index in [1.54, 1.807) is 28.1 Å². The molecule has 186 valence electrons. The number of nitrogens with one attached hydrogen (secondary N) is 1. The Bertz CT molecular complexity index is 1330. The predicted octanol–water partition coefficient (Wildman–Crippen LogP) is 1.71. The van der Waals surface area contributed by atoms with Gasteiger partial charge in [-0.05, 0) is 30.5 Å². The molecular formula is C24H26N8O3S. The van der Waals surface area contributed by atoms with Crippen LogP contribution in [0.25, 0.3) is 0 Å². The van der Waals surface area contributed by atoms with Gasteiger partial charge in [0.05, 0.1) is 0 Å². The van der Waals surface area contributed by atoms with Crippen LogP contribution in [0, 0.1) is 5.92 Å². The van der Waals surface area contributed by atoms with Gasteiger partial charge in [-0.15, -0.1) is 5.10 Å². The van der Waals surface area contributed by atoms with E-state index < -0.39 is 0 Å². The Kier molecular flexibility index (Phi) is 5.88. The summed E-state index contributed by atoms with van der Waals surface area (Å²) in [6.07, 6.45) is 2.72. The van der Waals surface area contributed by atoms with Crippen LogP contribution in [0.5, 0.6) is 0 Å². The first-order valence-electron chi connectivity index (χ1n) is 12.1. The normalized spacial score (nSPS) is 21.2. The third-order valence-electron chi connectivity index (χ3n) is 7.22. The molecule has 0 saturated carbocycles. The fraction of sp³-hybridized carbons (Fsp3) is 0.417.